The molecular formula is C32H36ClN5O. The van der Waals surface area contributed by atoms with Crippen molar-refractivity contribution in [2.75, 3.05) is 49.1 Å². The Morgan fingerprint density at radius 3 is 2.46 bits per heavy atom. The number of nitrogens with zero attached hydrogens (tertiary/aromatic N) is 4. The van der Waals surface area contributed by atoms with Gasteiger partial charge in [-0.25, -0.2) is 4.98 Å². The molecule has 1 aliphatic heterocycles. The maximum atomic E-state index is 13.7. The van der Waals surface area contributed by atoms with Crippen LogP contribution in [0, 0.1) is 20.8 Å². The molecule has 0 atom stereocenters. The molecule has 1 N–H and O–H groups in total. The first kappa shape index (κ1) is 27.0. The Hall–Kier alpha value is -3.61. The van der Waals surface area contributed by atoms with Crippen molar-refractivity contribution in [1.82, 2.24) is 14.9 Å². The van der Waals surface area contributed by atoms with E-state index < -0.39 is 0 Å². The summed E-state index contributed by atoms with van der Waals surface area (Å²) in [6.45, 7) is 11.8. The number of imidazole rings is 1. The Morgan fingerprint density at radius 2 is 1.74 bits per heavy atom. The second-order valence-electron chi connectivity index (χ2n) is 10.3. The fourth-order valence-corrected chi connectivity index (χ4v) is 5.68. The van der Waals surface area contributed by atoms with Crippen LogP contribution in [-0.4, -0.2) is 60.0 Å². The molecule has 0 radical (unpaired) electrons. The molecule has 7 heteroatoms. The summed E-state index contributed by atoms with van der Waals surface area (Å²) < 4.78 is 0. The number of aryl methyl sites for hydroxylation is 2. The Morgan fingerprint density at radius 1 is 0.974 bits per heavy atom. The molecule has 2 heterocycles. The van der Waals surface area contributed by atoms with Crippen LogP contribution in [0.2, 0.25) is 5.02 Å². The van der Waals surface area contributed by atoms with Gasteiger partial charge in [0.2, 0.25) is 0 Å². The van der Waals surface area contributed by atoms with E-state index in [1.165, 1.54) is 11.3 Å². The summed E-state index contributed by atoms with van der Waals surface area (Å²) in [5.74, 6) is -0.0558. The van der Waals surface area contributed by atoms with Crippen LogP contribution in [0.1, 0.15) is 33.6 Å². The summed E-state index contributed by atoms with van der Waals surface area (Å²) in [4.78, 5) is 27.6. The molecule has 1 amide bonds. The van der Waals surface area contributed by atoms with Gasteiger partial charge in [0.15, 0.2) is 0 Å². The highest BCUT2D eigenvalue weighted by Crippen LogP contribution is 2.32. The Kier molecular flexibility index (Phi) is 8.34. The van der Waals surface area contributed by atoms with Crippen LogP contribution in [0.25, 0.3) is 11.1 Å². The molecule has 0 aliphatic carbocycles. The van der Waals surface area contributed by atoms with Crippen molar-refractivity contribution < 1.29 is 4.79 Å². The molecule has 0 bridgehead atoms. The Bertz CT molecular complexity index is 1410. The van der Waals surface area contributed by atoms with Gasteiger partial charge in [-0.2, -0.15) is 0 Å². The molecule has 1 aromatic heterocycles. The van der Waals surface area contributed by atoms with Gasteiger partial charge in [-0.05, 0) is 79.8 Å². The summed E-state index contributed by atoms with van der Waals surface area (Å²) in [6.07, 6.45) is 4.04. The lowest BCUT2D eigenvalue weighted by atomic mass is 9.96. The molecule has 1 saturated heterocycles. The number of carbonyl (C=O) groups excluding carboxylic acids is 1. The van der Waals surface area contributed by atoms with E-state index in [0.29, 0.717) is 12.2 Å². The van der Waals surface area contributed by atoms with Crippen molar-refractivity contribution >= 4 is 28.9 Å². The molecule has 0 saturated carbocycles. The molecule has 5 rings (SSSR count). The molecule has 202 valence electrons. The van der Waals surface area contributed by atoms with Gasteiger partial charge in [0.25, 0.3) is 5.91 Å². The predicted octanol–water partition coefficient (Wildman–Crippen LogP) is 6.51. The molecule has 4 aromatic rings. The van der Waals surface area contributed by atoms with Gasteiger partial charge in [-0.3, -0.25) is 9.69 Å². The third kappa shape index (κ3) is 6.02. The first-order valence-electron chi connectivity index (χ1n) is 13.6. The smallest absolute Gasteiger partial charge is 0.276 e. The molecular weight excluding hydrogens is 506 g/mol. The molecule has 1 aliphatic rings. The van der Waals surface area contributed by atoms with Crippen molar-refractivity contribution in [2.24, 2.45) is 0 Å². The Balaban J connectivity index is 1.30. The van der Waals surface area contributed by atoms with E-state index in [4.69, 9.17) is 11.6 Å². The van der Waals surface area contributed by atoms with Gasteiger partial charge in [0.05, 0.1) is 12.5 Å². The van der Waals surface area contributed by atoms with E-state index in [2.05, 4.69) is 83.0 Å². The quantitative estimate of drug-likeness (QED) is 0.276. The van der Waals surface area contributed by atoms with E-state index in [9.17, 15) is 4.79 Å². The number of carbonyl (C=O) groups is 1. The number of nitrogens with one attached hydrogen (secondary N) is 1. The van der Waals surface area contributed by atoms with Crippen molar-refractivity contribution in [3.05, 3.63) is 101 Å². The summed E-state index contributed by atoms with van der Waals surface area (Å²) in [5, 5.41) is 0.818. The summed E-state index contributed by atoms with van der Waals surface area (Å²) in [7, 11) is 0. The number of H-pyrrole nitrogens is 1. The monoisotopic (exact) mass is 541 g/mol. The third-order valence-corrected chi connectivity index (χ3v) is 8.11. The molecule has 3 aromatic carbocycles. The van der Waals surface area contributed by atoms with E-state index in [0.717, 1.165) is 72.1 Å². The first-order valence-corrected chi connectivity index (χ1v) is 14.0. The largest absolute Gasteiger partial charge is 0.369 e. The van der Waals surface area contributed by atoms with Gasteiger partial charge in [0, 0.05) is 49.1 Å². The minimum absolute atomic E-state index is 0.0558. The van der Waals surface area contributed by atoms with E-state index in [1.54, 1.807) is 12.5 Å². The second kappa shape index (κ2) is 12.1. The van der Waals surface area contributed by atoms with Crippen LogP contribution in [0.4, 0.5) is 11.4 Å². The zero-order valence-electron chi connectivity index (χ0n) is 23.0. The zero-order chi connectivity index (χ0) is 27.4. The number of anilines is 2. The highest BCUT2D eigenvalue weighted by Gasteiger charge is 2.23. The normalized spacial score (nSPS) is 14.0. The average molecular weight is 542 g/mol. The standard InChI is InChI=1S/C32H36ClN5O/c1-23-19-24(2)31(20-27(23)26-9-5-4-6-10-26)38(32(39)29-21-34-22-35-29)14-8-13-36-15-17-37(18-16-36)30-12-7-11-28(33)25(30)3/h4-7,9-12,19-22H,8,13-18H2,1-3H3,(H,34,35). The molecule has 39 heavy (non-hydrogen) atoms. The van der Waals surface area contributed by atoms with Crippen molar-refractivity contribution in [3.8, 4) is 11.1 Å². The van der Waals surface area contributed by atoms with Gasteiger partial charge >= 0.3 is 0 Å². The van der Waals surface area contributed by atoms with Crippen LogP contribution in [0.15, 0.2) is 73.2 Å². The number of hydrogen-bond acceptors (Lipinski definition) is 4. The molecule has 6 nitrogen and oxygen atoms in total. The highest BCUT2D eigenvalue weighted by molar-refractivity contribution is 6.31. The van der Waals surface area contributed by atoms with Crippen LogP contribution in [0.3, 0.4) is 0 Å². The lowest BCUT2D eigenvalue weighted by Gasteiger charge is -2.37. The van der Waals surface area contributed by atoms with Gasteiger partial charge in [-0.1, -0.05) is 54.1 Å². The molecule has 0 spiro atoms. The zero-order valence-corrected chi connectivity index (χ0v) is 23.7. The molecule has 0 unspecified atom stereocenters. The SMILES string of the molecule is Cc1cc(C)c(N(CCCN2CCN(c3cccc(Cl)c3C)CC2)C(=O)c2cnc[nH]2)cc1-c1ccccc1. The van der Waals surface area contributed by atoms with E-state index >= 15 is 0 Å². The number of aromatic amines is 1. The molecule has 1 fully saturated rings. The topological polar surface area (TPSA) is 55.5 Å². The number of piperazine rings is 1. The van der Waals surface area contributed by atoms with E-state index in [-0.39, 0.29) is 5.91 Å². The maximum Gasteiger partial charge on any atom is 0.276 e. The van der Waals surface area contributed by atoms with Crippen molar-refractivity contribution in [3.63, 3.8) is 0 Å². The minimum atomic E-state index is -0.0558. The Labute approximate surface area is 236 Å². The number of amides is 1. The van der Waals surface area contributed by atoms with Gasteiger partial charge in [-0.15, -0.1) is 0 Å². The fourth-order valence-electron chi connectivity index (χ4n) is 5.51. The number of benzene rings is 3. The number of aromatic nitrogens is 2. The first-order chi connectivity index (χ1) is 18.9. The lowest BCUT2D eigenvalue weighted by Crippen LogP contribution is -2.47. The maximum absolute atomic E-state index is 13.7. The predicted molar refractivity (Wildman–Crippen MR) is 161 cm³/mol. The van der Waals surface area contributed by atoms with E-state index in [1.807, 2.05) is 23.1 Å². The highest BCUT2D eigenvalue weighted by atomic mass is 35.5. The van der Waals surface area contributed by atoms with Gasteiger partial charge < -0.3 is 14.8 Å². The number of hydrogen-bond donors (Lipinski definition) is 1. The minimum Gasteiger partial charge on any atom is -0.369 e. The second-order valence-corrected chi connectivity index (χ2v) is 10.7. The van der Waals surface area contributed by atoms with Crippen LogP contribution in [-0.2, 0) is 0 Å². The lowest BCUT2D eigenvalue weighted by molar-refractivity contribution is 0.0981. The van der Waals surface area contributed by atoms with Crippen LogP contribution in [0.5, 0.6) is 0 Å². The van der Waals surface area contributed by atoms with Crippen molar-refractivity contribution in [2.45, 2.75) is 27.2 Å². The summed E-state index contributed by atoms with van der Waals surface area (Å²) >= 11 is 6.36. The summed E-state index contributed by atoms with van der Waals surface area (Å²) in [6, 6.07) is 20.8. The number of halogens is 1. The van der Waals surface area contributed by atoms with Crippen LogP contribution < -0.4 is 9.80 Å². The average Bonchev–Trinajstić information content (AvgIpc) is 3.49. The van der Waals surface area contributed by atoms with Gasteiger partial charge in [0.1, 0.15) is 5.69 Å². The third-order valence-electron chi connectivity index (χ3n) is 7.70. The fraction of sp³-hybridized carbons (Fsp3) is 0.312. The summed E-state index contributed by atoms with van der Waals surface area (Å²) in [5.41, 5.74) is 8.40. The number of rotatable bonds is 8. The van der Waals surface area contributed by atoms with Crippen molar-refractivity contribution in [1.29, 1.82) is 0 Å². The van der Waals surface area contributed by atoms with Crippen LogP contribution >= 0.6 is 11.6 Å².